The highest BCUT2D eigenvalue weighted by Crippen LogP contribution is 2.18. The van der Waals surface area contributed by atoms with Gasteiger partial charge in [-0.1, -0.05) is 17.7 Å². The van der Waals surface area contributed by atoms with E-state index in [0.29, 0.717) is 17.0 Å². The standard InChI is InChI=1S/C16H16N2O2S/c1-11-2-8-14(9-3-11)21-10-15(19)18-13-6-4-12(5-7-13)16(17)20/h2-9H,10H2,1H3,(H2,17,20)(H,18,19). The molecule has 0 saturated heterocycles. The van der Waals surface area contributed by atoms with Crippen LogP contribution in [0.4, 0.5) is 5.69 Å². The first-order valence-electron chi connectivity index (χ1n) is 6.44. The number of thioether (sulfide) groups is 1. The van der Waals surface area contributed by atoms with Crippen molar-refractivity contribution in [2.75, 3.05) is 11.1 Å². The molecule has 5 heteroatoms. The number of anilines is 1. The van der Waals surface area contributed by atoms with Gasteiger partial charge in [-0.2, -0.15) is 0 Å². The van der Waals surface area contributed by atoms with Crippen molar-refractivity contribution in [3.8, 4) is 0 Å². The van der Waals surface area contributed by atoms with Gasteiger partial charge in [0.05, 0.1) is 5.75 Å². The van der Waals surface area contributed by atoms with Crippen LogP contribution in [0.25, 0.3) is 0 Å². The number of nitrogens with one attached hydrogen (secondary N) is 1. The van der Waals surface area contributed by atoms with Gasteiger partial charge in [-0.15, -0.1) is 11.8 Å². The van der Waals surface area contributed by atoms with Gasteiger partial charge in [-0.05, 0) is 43.3 Å². The molecular weight excluding hydrogens is 284 g/mol. The van der Waals surface area contributed by atoms with Crippen LogP contribution < -0.4 is 11.1 Å². The molecule has 0 fully saturated rings. The lowest BCUT2D eigenvalue weighted by molar-refractivity contribution is -0.113. The smallest absolute Gasteiger partial charge is 0.248 e. The minimum absolute atomic E-state index is 0.0904. The molecule has 108 valence electrons. The zero-order valence-electron chi connectivity index (χ0n) is 11.6. The van der Waals surface area contributed by atoms with Crippen molar-refractivity contribution in [3.63, 3.8) is 0 Å². The highest BCUT2D eigenvalue weighted by atomic mass is 32.2. The number of rotatable bonds is 5. The Morgan fingerprint density at radius 3 is 2.24 bits per heavy atom. The van der Waals surface area contributed by atoms with Crippen LogP contribution in [-0.2, 0) is 4.79 Å². The van der Waals surface area contributed by atoms with Gasteiger partial charge in [0.15, 0.2) is 0 Å². The second-order valence-electron chi connectivity index (χ2n) is 4.59. The minimum Gasteiger partial charge on any atom is -0.366 e. The molecule has 0 aliphatic rings. The molecule has 0 radical (unpaired) electrons. The van der Waals surface area contributed by atoms with E-state index in [0.717, 1.165) is 4.90 Å². The predicted molar refractivity (Wildman–Crippen MR) is 85.5 cm³/mol. The molecule has 0 atom stereocenters. The maximum Gasteiger partial charge on any atom is 0.248 e. The van der Waals surface area contributed by atoms with E-state index in [1.807, 2.05) is 31.2 Å². The SMILES string of the molecule is Cc1ccc(SCC(=O)Nc2ccc(C(N)=O)cc2)cc1. The van der Waals surface area contributed by atoms with Crippen molar-refractivity contribution >= 4 is 29.3 Å². The molecule has 0 aromatic heterocycles. The molecular formula is C16H16N2O2S. The number of hydrogen-bond acceptors (Lipinski definition) is 3. The fraction of sp³-hybridized carbons (Fsp3) is 0.125. The van der Waals surface area contributed by atoms with Gasteiger partial charge in [0.25, 0.3) is 0 Å². The second-order valence-corrected chi connectivity index (χ2v) is 5.64. The number of aryl methyl sites for hydroxylation is 1. The van der Waals surface area contributed by atoms with Crippen LogP contribution >= 0.6 is 11.8 Å². The second kappa shape index (κ2) is 6.95. The van der Waals surface area contributed by atoms with Gasteiger partial charge >= 0.3 is 0 Å². The topological polar surface area (TPSA) is 72.2 Å². The van der Waals surface area contributed by atoms with Crippen molar-refractivity contribution < 1.29 is 9.59 Å². The summed E-state index contributed by atoms with van der Waals surface area (Å²) in [7, 11) is 0. The summed E-state index contributed by atoms with van der Waals surface area (Å²) in [4.78, 5) is 23.9. The lowest BCUT2D eigenvalue weighted by Gasteiger charge is -2.06. The van der Waals surface area contributed by atoms with E-state index in [4.69, 9.17) is 5.73 Å². The molecule has 2 rings (SSSR count). The number of primary amides is 1. The van der Waals surface area contributed by atoms with E-state index in [1.54, 1.807) is 24.3 Å². The average molecular weight is 300 g/mol. The highest BCUT2D eigenvalue weighted by molar-refractivity contribution is 8.00. The van der Waals surface area contributed by atoms with E-state index in [-0.39, 0.29) is 5.91 Å². The Kier molecular flexibility index (Phi) is 5.00. The molecule has 21 heavy (non-hydrogen) atoms. The molecule has 0 saturated carbocycles. The van der Waals surface area contributed by atoms with Gasteiger partial charge in [-0.3, -0.25) is 9.59 Å². The molecule has 2 aromatic rings. The highest BCUT2D eigenvalue weighted by Gasteiger charge is 2.05. The Hall–Kier alpha value is -2.27. The van der Waals surface area contributed by atoms with Crippen LogP contribution in [0.3, 0.4) is 0 Å². The molecule has 0 bridgehead atoms. The normalized spacial score (nSPS) is 10.1. The monoisotopic (exact) mass is 300 g/mol. The third-order valence-corrected chi connectivity index (χ3v) is 3.86. The summed E-state index contributed by atoms with van der Waals surface area (Å²) in [5.74, 6) is -0.240. The lowest BCUT2D eigenvalue weighted by Crippen LogP contribution is -2.14. The van der Waals surface area contributed by atoms with Gasteiger partial charge in [0.2, 0.25) is 11.8 Å². The summed E-state index contributed by atoms with van der Waals surface area (Å²) in [6.07, 6.45) is 0. The van der Waals surface area contributed by atoms with Gasteiger partial charge in [-0.25, -0.2) is 0 Å². The summed E-state index contributed by atoms with van der Waals surface area (Å²) >= 11 is 1.48. The largest absolute Gasteiger partial charge is 0.366 e. The predicted octanol–water partition coefficient (Wildman–Crippen LogP) is 2.82. The van der Waals surface area contributed by atoms with Crippen LogP contribution in [0.1, 0.15) is 15.9 Å². The van der Waals surface area contributed by atoms with Crippen LogP contribution in [-0.4, -0.2) is 17.6 Å². The maximum absolute atomic E-state index is 11.8. The molecule has 0 aliphatic heterocycles. The minimum atomic E-state index is -0.484. The Labute approximate surface area is 127 Å². The average Bonchev–Trinajstić information content (AvgIpc) is 2.47. The zero-order chi connectivity index (χ0) is 15.2. The van der Waals surface area contributed by atoms with E-state index < -0.39 is 5.91 Å². The Bertz CT molecular complexity index is 636. The van der Waals surface area contributed by atoms with Crippen molar-refractivity contribution in [2.24, 2.45) is 5.73 Å². The fourth-order valence-corrected chi connectivity index (χ4v) is 2.40. The Morgan fingerprint density at radius 2 is 1.67 bits per heavy atom. The summed E-state index contributed by atoms with van der Waals surface area (Å²) in [6.45, 7) is 2.02. The Morgan fingerprint density at radius 1 is 1.05 bits per heavy atom. The third kappa shape index (κ3) is 4.65. The van der Waals surface area contributed by atoms with Gasteiger partial charge in [0.1, 0.15) is 0 Å². The molecule has 0 heterocycles. The number of carbonyl (C=O) groups excluding carboxylic acids is 2. The van der Waals surface area contributed by atoms with E-state index >= 15 is 0 Å². The number of nitrogens with two attached hydrogens (primary N) is 1. The summed E-state index contributed by atoms with van der Waals surface area (Å²) in [5, 5.41) is 2.78. The molecule has 4 nitrogen and oxygen atoms in total. The summed E-state index contributed by atoms with van der Waals surface area (Å²) < 4.78 is 0. The molecule has 0 aliphatic carbocycles. The number of benzene rings is 2. The number of carbonyl (C=O) groups is 2. The number of amides is 2. The summed E-state index contributed by atoms with van der Waals surface area (Å²) in [6, 6.07) is 14.5. The van der Waals surface area contributed by atoms with Gasteiger partial charge < -0.3 is 11.1 Å². The first-order chi connectivity index (χ1) is 10.0. The van der Waals surface area contributed by atoms with Crippen LogP contribution in [0, 0.1) is 6.92 Å². The molecule has 0 spiro atoms. The third-order valence-electron chi connectivity index (χ3n) is 2.84. The maximum atomic E-state index is 11.8. The first kappa shape index (κ1) is 15.1. The van der Waals surface area contributed by atoms with Crippen molar-refractivity contribution in [1.82, 2.24) is 0 Å². The first-order valence-corrected chi connectivity index (χ1v) is 7.42. The van der Waals surface area contributed by atoms with Crippen LogP contribution in [0.15, 0.2) is 53.4 Å². The zero-order valence-corrected chi connectivity index (χ0v) is 12.4. The molecule has 0 unspecified atom stereocenters. The van der Waals surface area contributed by atoms with Crippen LogP contribution in [0.2, 0.25) is 0 Å². The quantitative estimate of drug-likeness (QED) is 0.834. The molecule has 2 aromatic carbocycles. The van der Waals surface area contributed by atoms with E-state index in [9.17, 15) is 9.59 Å². The van der Waals surface area contributed by atoms with Gasteiger partial charge in [0, 0.05) is 16.1 Å². The molecule has 3 N–H and O–H groups in total. The van der Waals surface area contributed by atoms with E-state index in [1.165, 1.54) is 17.3 Å². The lowest BCUT2D eigenvalue weighted by atomic mass is 10.2. The number of hydrogen-bond donors (Lipinski definition) is 2. The van der Waals surface area contributed by atoms with Crippen molar-refractivity contribution in [1.29, 1.82) is 0 Å². The fourth-order valence-electron chi connectivity index (χ4n) is 1.70. The summed E-state index contributed by atoms with van der Waals surface area (Å²) in [5.41, 5.74) is 7.42. The van der Waals surface area contributed by atoms with E-state index in [2.05, 4.69) is 5.32 Å². The van der Waals surface area contributed by atoms with Crippen molar-refractivity contribution in [2.45, 2.75) is 11.8 Å². The van der Waals surface area contributed by atoms with Crippen LogP contribution in [0.5, 0.6) is 0 Å². The van der Waals surface area contributed by atoms with Crippen molar-refractivity contribution in [3.05, 3.63) is 59.7 Å². The molecule has 2 amide bonds. The Balaban J connectivity index is 1.86.